The van der Waals surface area contributed by atoms with Gasteiger partial charge in [-0.1, -0.05) is 43.5 Å². The fraction of sp³-hybridized carbons (Fsp3) is 0.400. The summed E-state index contributed by atoms with van der Waals surface area (Å²) in [5.41, 5.74) is 12.4. The van der Waals surface area contributed by atoms with Gasteiger partial charge in [0.05, 0.1) is 5.56 Å². The van der Waals surface area contributed by atoms with Gasteiger partial charge in [-0.05, 0) is 55.9 Å². The van der Waals surface area contributed by atoms with E-state index in [1.165, 1.54) is 59.8 Å². The first-order valence-corrected chi connectivity index (χ1v) is 11.0. The summed E-state index contributed by atoms with van der Waals surface area (Å²) in [7, 11) is 0. The minimum Gasteiger partial charge on any atom is -0.382 e. The number of hydrogen-bond acceptors (Lipinski definition) is 2. The Morgan fingerprint density at radius 3 is 2.66 bits per heavy atom. The van der Waals surface area contributed by atoms with Crippen LogP contribution >= 0.6 is 0 Å². The molecule has 1 aliphatic carbocycles. The van der Waals surface area contributed by atoms with Crippen molar-refractivity contribution in [1.29, 1.82) is 0 Å². The Morgan fingerprint density at radius 2 is 1.83 bits per heavy atom. The summed E-state index contributed by atoms with van der Waals surface area (Å²) in [6, 6.07) is 15.3. The van der Waals surface area contributed by atoms with Crippen LogP contribution < -0.4 is 11.1 Å². The Balaban J connectivity index is 1.63. The number of primary amides is 1. The minimum atomic E-state index is -0.362. The number of aromatic nitrogens is 1. The molecular formula is C25H29N3O. The summed E-state index contributed by atoms with van der Waals surface area (Å²) in [5.74, 6) is -0.362. The molecule has 5 rings (SSSR count). The normalized spacial score (nSPS) is 17.2. The van der Waals surface area contributed by atoms with Gasteiger partial charge in [0.15, 0.2) is 0 Å². The van der Waals surface area contributed by atoms with Gasteiger partial charge < -0.3 is 15.6 Å². The van der Waals surface area contributed by atoms with Crippen molar-refractivity contribution in [2.75, 3.05) is 5.32 Å². The van der Waals surface area contributed by atoms with Crippen molar-refractivity contribution in [3.63, 3.8) is 0 Å². The van der Waals surface area contributed by atoms with Gasteiger partial charge >= 0.3 is 0 Å². The zero-order valence-corrected chi connectivity index (χ0v) is 16.9. The van der Waals surface area contributed by atoms with E-state index >= 15 is 0 Å². The summed E-state index contributed by atoms with van der Waals surface area (Å²) in [4.78, 5) is 12.1. The maximum absolute atomic E-state index is 12.1. The van der Waals surface area contributed by atoms with Gasteiger partial charge in [-0.15, -0.1) is 0 Å². The molecule has 1 aliphatic heterocycles. The third kappa shape index (κ3) is 3.31. The Bertz CT molecular complexity index is 1060. The third-order valence-electron chi connectivity index (χ3n) is 6.66. The number of fused-ring (bicyclic) bond motifs is 3. The number of benzene rings is 2. The quantitative estimate of drug-likeness (QED) is 0.622. The number of nitrogens with zero attached hydrogens (tertiary/aromatic N) is 1. The van der Waals surface area contributed by atoms with Crippen LogP contribution in [0.3, 0.4) is 0 Å². The summed E-state index contributed by atoms with van der Waals surface area (Å²) < 4.78 is 2.49. The van der Waals surface area contributed by atoms with E-state index in [-0.39, 0.29) is 5.91 Å². The van der Waals surface area contributed by atoms with Crippen molar-refractivity contribution in [1.82, 2.24) is 4.57 Å². The molecule has 1 aromatic heterocycles. The van der Waals surface area contributed by atoms with Gasteiger partial charge in [0.2, 0.25) is 0 Å². The predicted molar refractivity (Wildman–Crippen MR) is 119 cm³/mol. The van der Waals surface area contributed by atoms with Gasteiger partial charge in [-0.25, -0.2) is 0 Å². The van der Waals surface area contributed by atoms with E-state index in [1.54, 1.807) is 0 Å². The lowest BCUT2D eigenvalue weighted by atomic mass is 9.93. The van der Waals surface area contributed by atoms with Gasteiger partial charge in [0, 0.05) is 40.4 Å². The first kappa shape index (κ1) is 18.3. The molecule has 0 spiro atoms. The van der Waals surface area contributed by atoms with Crippen LogP contribution in [0.25, 0.3) is 22.0 Å². The SMILES string of the molecule is NC(=O)c1ccc(-c2c3n(c4ccccc24)CCCC3)cc1NC1CCCCC1. The van der Waals surface area contributed by atoms with Gasteiger partial charge in [0.1, 0.15) is 0 Å². The molecule has 2 aromatic carbocycles. The van der Waals surface area contributed by atoms with Crippen molar-refractivity contribution in [3.8, 4) is 11.1 Å². The second-order valence-corrected chi connectivity index (χ2v) is 8.55. The monoisotopic (exact) mass is 387 g/mol. The standard InChI is InChI=1S/C25H29N3O/c26-25(29)19-14-13-17(16-21(19)27-18-8-2-1-3-9-18)24-20-10-4-5-11-22(20)28-15-7-6-12-23(24)28/h4-5,10-11,13-14,16,18,27H,1-3,6-9,12,15H2,(H2,26,29). The highest BCUT2D eigenvalue weighted by atomic mass is 16.1. The average Bonchev–Trinajstić information content (AvgIpc) is 3.09. The molecule has 0 radical (unpaired) electrons. The molecule has 3 N–H and O–H groups in total. The molecule has 0 saturated heterocycles. The molecule has 3 aromatic rings. The fourth-order valence-corrected chi connectivity index (χ4v) is 5.26. The number of nitrogens with one attached hydrogen (secondary N) is 1. The molecule has 2 heterocycles. The van der Waals surface area contributed by atoms with E-state index < -0.39 is 0 Å². The Morgan fingerprint density at radius 1 is 1.00 bits per heavy atom. The lowest BCUT2D eigenvalue weighted by Gasteiger charge is -2.25. The van der Waals surface area contributed by atoms with Crippen molar-refractivity contribution in [2.45, 2.75) is 64.0 Å². The molecule has 150 valence electrons. The predicted octanol–water partition coefficient (Wildman–Crippen LogP) is 5.49. The van der Waals surface area contributed by atoms with Crippen LogP contribution in [0.5, 0.6) is 0 Å². The maximum Gasteiger partial charge on any atom is 0.250 e. The van der Waals surface area contributed by atoms with Crippen LogP contribution in [0.1, 0.15) is 61.0 Å². The van der Waals surface area contributed by atoms with E-state index in [1.807, 2.05) is 6.07 Å². The molecule has 4 heteroatoms. The van der Waals surface area contributed by atoms with Gasteiger partial charge in [-0.3, -0.25) is 4.79 Å². The van der Waals surface area contributed by atoms with Gasteiger partial charge in [-0.2, -0.15) is 0 Å². The molecule has 2 aliphatic rings. The number of para-hydroxylation sites is 1. The summed E-state index contributed by atoms with van der Waals surface area (Å²) in [6.07, 6.45) is 9.70. The van der Waals surface area contributed by atoms with E-state index in [0.717, 1.165) is 31.5 Å². The first-order valence-electron chi connectivity index (χ1n) is 11.0. The number of aryl methyl sites for hydroxylation is 1. The number of rotatable bonds is 4. The van der Waals surface area contributed by atoms with Crippen LogP contribution in [0.4, 0.5) is 5.69 Å². The summed E-state index contributed by atoms with van der Waals surface area (Å²) in [6.45, 7) is 1.09. The van der Waals surface area contributed by atoms with E-state index in [9.17, 15) is 4.79 Å². The van der Waals surface area contributed by atoms with E-state index in [2.05, 4.69) is 46.3 Å². The Labute approximate surface area is 172 Å². The number of nitrogens with two attached hydrogens (primary N) is 1. The van der Waals surface area contributed by atoms with E-state index in [0.29, 0.717) is 11.6 Å². The number of carbonyl (C=O) groups excluding carboxylic acids is 1. The molecule has 0 atom stereocenters. The summed E-state index contributed by atoms with van der Waals surface area (Å²) in [5, 5.41) is 4.96. The molecule has 29 heavy (non-hydrogen) atoms. The molecular weight excluding hydrogens is 358 g/mol. The molecule has 0 unspecified atom stereocenters. The van der Waals surface area contributed by atoms with Crippen molar-refractivity contribution in [2.24, 2.45) is 5.73 Å². The lowest BCUT2D eigenvalue weighted by molar-refractivity contribution is 0.100. The topological polar surface area (TPSA) is 60.1 Å². The second kappa shape index (κ2) is 7.58. The molecule has 1 fully saturated rings. The number of carbonyl (C=O) groups is 1. The number of amides is 1. The highest BCUT2D eigenvalue weighted by Gasteiger charge is 2.22. The molecule has 4 nitrogen and oxygen atoms in total. The fourth-order valence-electron chi connectivity index (χ4n) is 5.26. The zero-order valence-electron chi connectivity index (χ0n) is 16.9. The Kier molecular flexibility index (Phi) is 4.78. The van der Waals surface area contributed by atoms with Crippen LogP contribution in [0.2, 0.25) is 0 Å². The van der Waals surface area contributed by atoms with Crippen LogP contribution in [0, 0.1) is 0 Å². The summed E-state index contributed by atoms with van der Waals surface area (Å²) >= 11 is 0. The smallest absolute Gasteiger partial charge is 0.250 e. The van der Waals surface area contributed by atoms with Crippen LogP contribution in [-0.4, -0.2) is 16.5 Å². The molecule has 1 amide bonds. The van der Waals surface area contributed by atoms with E-state index in [4.69, 9.17) is 5.73 Å². The highest BCUT2D eigenvalue weighted by Crippen LogP contribution is 2.39. The van der Waals surface area contributed by atoms with Crippen molar-refractivity contribution in [3.05, 3.63) is 53.7 Å². The lowest BCUT2D eigenvalue weighted by Crippen LogP contribution is -2.24. The zero-order chi connectivity index (χ0) is 19.8. The van der Waals surface area contributed by atoms with Crippen molar-refractivity contribution < 1.29 is 4.79 Å². The number of anilines is 1. The number of hydrogen-bond donors (Lipinski definition) is 2. The first-order chi connectivity index (χ1) is 14.2. The third-order valence-corrected chi connectivity index (χ3v) is 6.66. The largest absolute Gasteiger partial charge is 0.382 e. The van der Waals surface area contributed by atoms with Crippen LogP contribution in [-0.2, 0) is 13.0 Å². The maximum atomic E-state index is 12.1. The average molecular weight is 388 g/mol. The highest BCUT2D eigenvalue weighted by molar-refractivity contribution is 6.02. The van der Waals surface area contributed by atoms with Crippen molar-refractivity contribution >= 4 is 22.5 Å². The van der Waals surface area contributed by atoms with Crippen LogP contribution in [0.15, 0.2) is 42.5 Å². The van der Waals surface area contributed by atoms with Gasteiger partial charge in [0.25, 0.3) is 5.91 Å². The molecule has 0 bridgehead atoms. The molecule has 1 saturated carbocycles. The Hall–Kier alpha value is -2.75. The second-order valence-electron chi connectivity index (χ2n) is 8.55. The minimum absolute atomic E-state index is 0.362.